The minimum atomic E-state index is -2.89. The quantitative estimate of drug-likeness (QED) is 0.0994. The molecule has 9 heteroatoms. The van der Waals surface area contributed by atoms with E-state index < -0.39 is 14.3 Å². The second-order valence-electron chi connectivity index (χ2n) is 11.0. The third-order valence-electron chi connectivity index (χ3n) is 7.31. The van der Waals surface area contributed by atoms with Crippen LogP contribution in [0.1, 0.15) is 42.4 Å². The molecule has 43 heavy (non-hydrogen) atoms. The highest BCUT2D eigenvalue weighted by Gasteiger charge is 2.52. The first kappa shape index (κ1) is 32.3. The molecule has 0 aliphatic carbocycles. The lowest BCUT2D eigenvalue weighted by atomic mass is 10.0. The van der Waals surface area contributed by atoms with Crippen LogP contribution < -0.4 is 24.3 Å². The molecular formula is C34H38BrNO6Si. The zero-order valence-electron chi connectivity index (χ0n) is 25.5. The fourth-order valence-electron chi connectivity index (χ4n) is 5.22. The Balaban J connectivity index is 1.78. The van der Waals surface area contributed by atoms with Gasteiger partial charge in [-0.15, -0.1) is 0 Å². The van der Waals surface area contributed by atoms with Crippen molar-refractivity contribution in [3.05, 3.63) is 106 Å². The van der Waals surface area contributed by atoms with Crippen molar-refractivity contribution < 1.29 is 28.2 Å². The van der Waals surface area contributed by atoms with Gasteiger partial charge in [-0.3, -0.25) is 0 Å². The van der Waals surface area contributed by atoms with Gasteiger partial charge in [-0.1, -0.05) is 97.4 Å². The highest BCUT2D eigenvalue weighted by atomic mass is 79.9. The number of aromatic nitrogens is 1. The van der Waals surface area contributed by atoms with Gasteiger partial charge in [0.15, 0.2) is 6.79 Å². The van der Waals surface area contributed by atoms with Gasteiger partial charge in [-0.25, -0.2) is 9.78 Å². The molecule has 0 bridgehead atoms. The van der Waals surface area contributed by atoms with Crippen LogP contribution in [-0.2, 0) is 22.3 Å². The second kappa shape index (κ2) is 14.2. The summed E-state index contributed by atoms with van der Waals surface area (Å²) >= 11 is 3.64. The number of benzene rings is 3. The van der Waals surface area contributed by atoms with E-state index in [1.165, 1.54) is 24.6 Å². The summed E-state index contributed by atoms with van der Waals surface area (Å²) in [6.07, 6.45) is 1.13. The first-order valence-corrected chi connectivity index (χ1v) is 16.7. The average Bonchev–Trinajstić information content (AvgIpc) is 3.02. The summed E-state index contributed by atoms with van der Waals surface area (Å²) in [5.74, 6) is 1.12. The van der Waals surface area contributed by atoms with Gasteiger partial charge in [0.05, 0.1) is 19.9 Å². The minimum Gasteiger partial charge on any atom is -0.533 e. The molecule has 0 N–H and O–H groups in total. The lowest BCUT2D eigenvalue weighted by molar-refractivity contribution is 0.0464. The molecule has 0 saturated heterocycles. The Morgan fingerprint density at radius 2 is 1.47 bits per heavy atom. The van der Waals surface area contributed by atoms with E-state index in [4.69, 9.17) is 28.4 Å². The van der Waals surface area contributed by atoms with Crippen molar-refractivity contribution in [2.45, 2.75) is 38.7 Å². The van der Waals surface area contributed by atoms with E-state index in [0.717, 1.165) is 15.7 Å². The van der Waals surface area contributed by atoms with Crippen LogP contribution in [0.5, 0.6) is 17.4 Å². The number of carbonyl (C=O) groups excluding carboxylic acids is 1. The van der Waals surface area contributed by atoms with Crippen molar-refractivity contribution in [2.24, 2.45) is 0 Å². The molecule has 0 atom stereocenters. The van der Waals surface area contributed by atoms with E-state index in [1.807, 2.05) is 30.3 Å². The number of aryl methyl sites for hydroxylation is 2. The number of pyridine rings is 1. The van der Waals surface area contributed by atoms with E-state index in [-0.39, 0.29) is 11.8 Å². The molecule has 4 rings (SSSR count). The zero-order chi connectivity index (χ0) is 31.0. The number of halogens is 1. The summed E-state index contributed by atoms with van der Waals surface area (Å²) in [4.78, 5) is 17.3. The minimum absolute atomic E-state index is 0.00101. The normalized spacial score (nSPS) is 11.6. The summed E-state index contributed by atoms with van der Waals surface area (Å²) < 4.78 is 29.4. The van der Waals surface area contributed by atoms with Crippen molar-refractivity contribution >= 4 is 40.6 Å². The Morgan fingerprint density at radius 3 is 2.00 bits per heavy atom. The molecule has 0 amide bonds. The Labute approximate surface area is 263 Å². The van der Waals surface area contributed by atoms with Crippen LogP contribution in [0.3, 0.4) is 0 Å². The monoisotopic (exact) mass is 663 g/mol. The summed E-state index contributed by atoms with van der Waals surface area (Å²) in [5.41, 5.74) is 2.01. The third kappa shape index (κ3) is 7.12. The standard InChI is InChI=1S/C34H38BrNO6Si/c1-34(2,3)43(25-13-9-7-10-14-25,26-15-11-8-12-16-26)42-30-19-20-32(39-5)36-29(30)18-17-24-21-31(41-23-38-4)27(22-28(24)35)33(37)40-6/h7-16,19-22H,17-18,23H2,1-6H3. The van der Waals surface area contributed by atoms with Crippen LogP contribution in [0.4, 0.5) is 0 Å². The van der Waals surface area contributed by atoms with E-state index in [1.54, 1.807) is 13.2 Å². The smallest absolute Gasteiger partial charge is 0.341 e. The number of hydrogen-bond acceptors (Lipinski definition) is 7. The zero-order valence-corrected chi connectivity index (χ0v) is 28.1. The molecule has 7 nitrogen and oxygen atoms in total. The number of methoxy groups -OCH3 is 3. The lowest BCUT2D eigenvalue weighted by Gasteiger charge is -2.43. The first-order chi connectivity index (χ1) is 20.6. The van der Waals surface area contributed by atoms with Crippen molar-refractivity contribution in [2.75, 3.05) is 28.1 Å². The molecule has 226 valence electrons. The summed E-state index contributed by atoms with van der Waals surface area (Å²) in [7, 11) is 1.58. The van der Waals surface area contributed by atoms with Crippen LogP contribution >= 0.6 is 15.9 Å². The molecule has 0 fully saturated rings. The van der Waals surface area contributed by atoms with E-state index in [2.05, 4.69) is 85.2 Å². The average molecular weight is 665 g/mol. The van der Waals surface area contributed by atoms with Gasteiger partial charge in [0, 0.05) is 17.6 Å². The van der Waals surface area contributed by atoms with Gasteiger partial charge in [0.25, 0.3) is 0 Å². The maximum atomic E-state index is 12.4. The summed E-state index contributed by atoms with van der Waals surface area (Å²) in [5, 5.41) is 2.14. The van der Waals surface area contributed by atoms with E-state index in [9.17, 15) is 4.79 Å². The predicted octanol–water partition coefficient (Wildman–Crippen LogP) is 6.35. The van der Waals surface area contributed by atoms with Crippen molar-refractivity contribution in [1.29, 1.82) is 0 Å². The van der Waals surface area contributed by atoms with E-state index >= 15 is 0 Å². The molecule has 0 radical (unpaired) electrons. The third-order valence-corrected chi connectivity index (χ3v) is 13.0. The van der Waals surface area contributed by atoms with Gasteiger partial charge in [-0.2, -0.15) is 0 Å². The lowest BCUT2D eigenvalue weighted by Crippen LogP contribution is -2.68. The van der Waals surface area contributed by atoms with Crippen LogP contribution in [-0.4, -0.2) is 47.4 Å². The van der Waals surface area contributed by atoms with Gasteiger partial charge in [0.2, 0.25) is 5.88 Å². The maximum Gasteiger partial charge on any atom is 0.341 e. The number of hydrogen-bond donors (Lipinski definition) is 0. The molecule has 0 aliphatic heterocycles. The second-order valence-corrected chi connectivity index (χ2v) is 16.1. The molecule has 1 aromatic heterocycles. The Hall–Kier alpha value is -3.66. The van der Waals surface area contributed by atoms with Crippen molar-refractivity contribution in [1.82, 2.24) is 4.98 Å². The molecule has 1 heterocycles. The molecule has 0 aliphatic rings. The maximum absolute atomic E-state index is 12.4. The fourth-order valence-corrected chi connectivity index (χ4v) is 10.2. The van der Waals surface area contributed by atoms with Gasteiger partial charge >= 0.3 is 14.3 Å². The number of carbonyl (C=O) groups is 1. The van der Waals surface area contributed by atoms with Crippen LogP contribution in [0.2, 0.25) is 5.04 Å². The predicted molar refractivity (Wildman–Crippen MR) is 174 cm³/mol. The largest absolute Gasteiger partial charge is 0.533 e. The summed E-state index contributed by atoms with van der Waals surface area (Å²) in [6, 6.07) is 28.4. The van der Waals surface area contributed by atoms with Crippen LogP contribution in [0.25, 0.3) is 0 Å². The molecule has 4 aromatic rings. The highest BCUT2D eigenvalue weighted by molar-refractivity contribution is 9.10. The fraction of sp³-hybridized carbons (Fsp3) is 0.294. The number of esters is 1. The van der Waals surface area contributed by atoms with Gasteiger partial charge in [0.1, 0.15) is 17.1 Å². The Kier molecular flexibility index (Phi) is 10.7. The van der Waals surface area contributed by atoms with Crippen LogP contribution in [0.15, 0.2) is 89.4 Å². The van der Waals surface area contributed by atoms with Crippen molar-refractivity contribution in [3.8, 4) is 17.4 Å². The molecule has 0 unspecified atom stereocenters. The first-order valence-electron chi connectivity index (χ1n) is 14.0. The Morgan fingerprint density at radius 1 is 0.837 bits per heavy atom. The van der Waals surface area contributed by atoms with Gasteiger partial charge < -0.3 is 23.4 Å². The molecule has 0 saturated carbocycles. The molecular weight excluding hydrogens is 626 g/mol. The Bertz CT molecular complexity index is 1490. The number of ether oxygens (including phenoxy) is 4. The van der Waals surface area contributed by atoms with Gasteiger partial charge in [-0.05, 0) is 52.0 Å². The number of nitrogens with zero attached hydrogens (tertiary/aromatic N) is 1. The SMILES string of the molecule is COCOc1cc(CCc2nc(OC)ccc2O[Si](c2ccccc2)(c2ccccc2)C(C)(C)C)c(Br)cc1C(=O)OC. The topological polar surface area (TPSA) is 76.1 Å². The molecule has 0 spiro atoms. The summed E-state index contributed by atoms with van der Waals surface area (Å²) in [6.45, 7) is 6.74. The molecule has 3 aromatic carbocycles. The number of rotatable bonds is 12. The van der Waals surface area contributed by atoms with Crippen LogP contribution in [0, 0.1) is 0 Å². The van der Waals surface area contributed by atoms with E-state index in [0.29, 0.717) is 35.8 Å². The highest BCUT2D eigenvalue weighted by Crippen LogP contribution is 2.39. The van der Waals surface area contributed by atoms with Crippen molar-refractivity contribution in [3.63, 3.8) is 0 Å².